The Morgan fingerprint density at radius 1 is 1.24 bits per heavy atom. The van der Waals surface area contributed by atoms with Crippen molar-refractivity contribution in [2.24, 2.45) is 0 Å². The fourth-order valence-electron chi connectivity index (χ4n) is 2.11. The first-order chi connectivity index (χ1) is 8.01. The highest BCUT2D eigenvalue weighted by Gasteiger charge is 2.16. The number of rotatable bonds is 7. The molecule has 0 aromatic carbocycles. The molecule has 6 heteroatoms. The molecule has 5 nitrogen and oxygen atoms in total. The number of piperidine rings is 1. The Balaban J connectivity index is 2.01. The van der Waals surface area contributed by atoms with Crippen LogP contribution in [0.15, 0.2) is 0 Å². The quantitative estimate of drug-likeness (QED) is 0.635. The molecule has 102 valence electrons. The molecule has 1 heterocycles. The van der Waals surface area contributed by atoms with E-state index in [1.165, 1.54) is 32.2 Å². The monoisotopic (exact) mass is 263 g/mol. The third-order valence-electron chi connectivity index (χ3n) is 3.19. The summed E-state index contributed by atoms with van der Waals surface area (Å²) in [6, 6.07) is 0.607. The zero-order valence-corrected chi connectivity index (χ0v) is 11.7. The van der Waals surface area contributed by atoms with Crippen molar-refractivity contribution < 1.29 is 8.42 Å². The van der Waals surface area contributed by atoms with E-state index in [0.29, 0.717) is 12.6 Å². The van der Waals surface area contributed by atoms with Crippen molar-refractivity contribution in [3.8, 4) is 0 Å². The first-order valence-corrected chi connectivity index (χ1v) is 8.31. The molecule has 0 spiro atoms. The number of hydrogen-bond acceptors (Lipinski definition) is 4. The van der Waals surface area contributed by atoms with Crippen LogP contribution in [-0.2, 0) is 10.0 Å². The van der Waals surface area contributed by atoms with Crippen LogP contribution in [0.4, 0.5) is 0 Å². The van der Waals surface area contributed by atoms with Gasteiger partial charge in [0.1, 0.15) is 0 Å². The summed E-state index contributed by atoms with van der Waals surface area (Å²) in [4.78, 5) is 2.46. The summed E-state index contributed by atoms with van der Waals surface area (Å²) >= 11 is 0. The lowest BCUT2D eigenvalue weighted by Gasteiger charge is -2.31. The third-order valence-corrected chi connectivity index (χ3v) is 3.91. The first kappa shape index (κ1) is 14.9. The molecule has 0 unspecified atom stereocenters. The largest absolute Gasteiger partial charge is 0.314 e. The van der Waals surface area contributed by atoms with Crippen molar-refractivity contribution in [1.29, 1.82) is 0 Å². The van der Waals surface area contributed by atoms with Crippen molar-refractivity contribution in [2.75, 3.05) is 39.0 Å². The zero-order valence-electron chi connectivity index (χ0n) is 10.9. The molecule has 1 aliphatic heterocycles. The Morgan fingerprint density at radius 3 is 2.41 bits per heavy atom. The highest BCUT2D eigenvalue weighted by Crippen LogP contribution is 2.09. The predicted molar refractivity (Wildman–Crippen MR) is 70.6 cm³/mol. The van der Waals surface area contributed by atoms with Crippen LogP contribution in [0.1, 0.15) is 26.2 Å². The Morgan fingerprint density at radius 2 is 1.88 bits per heavy atom. The van der Waals surface area contributed by atoms with Crippen LogP contribution in [0.2, 0.25) is 0 Å². The van der Waals surface area contributed by atoms with E-state index in [1.54, 1.807) is 0 Å². The van der Waals surface area contributed by atoms with Gasteiger partial charge in [0, 0.05) is 12.6 Å². The topological polar surface area (TPSA) is 61.4 Å². The van der Waals surface area contributed by atoms with E-state index in [4.69, 9.17) is 0 Å². The van der Waals surface area contributed by atoms with Crippen LogP contribution in [0.25, 0.3) is 0 Å². The number of likely N-dealkylation sites (tertiary alicyclic amines) is 1. The summed E-state index contributed by atoms with van der Waals surface area (Å²) in [6.45, 7) is 7.11. The molecule has 0 bridgehead atoms. The minimum Gasteiger partial charge on any atom is -0.314 e. The summed E-state index contributed by atoms with van der Waals surface area (Å²) in [5.41, 5.74) is 0. The van der Waals surface area contributed by atoms with Gasteiger partial charge in [-0.05, 0) is 45.4 Å². The third kappa shape index (κ3) is 6.98. The molecule has 17 heavy (non-hydrogen) atoms. The summed E-state index contributed by atoms with van der Waals surface area (Å²) in [6.07, 6.45) is 4.45. The smallest absolute Gasteiger partial charge is 0.208 e. The van der Waals surface area contributed by atoms with Gasteiger partial charge >= 0.3 is 0 Å². The predicted octanol–water partition coefficient (Wildman–Crippen LogP) is -0.000400. The van der Waals surface area contributed by atoms with Crippen LogP contribution in [0.3, 0.4) is 0 Å². The van der Waals surface area contributed by atoms with E-state index in [0.717, 1.165) is 19.5 Å². The molecule has 2 N–H and O–H groups in total. The zero-order chi connectivity index (χ0) is 12.7. The van der Waals surface area contributed by atoms with E-state index in [9.17, 15) is 8.42 Å². The normalized spacial score (nSPS) is 19.6. The van der Waals surface area contributed by atoms with Crippen LogP contribution >= 0.6 is 0 Å². The van der Waals surface area contributed by atoms with Gasteiger partial charge < -0.3 is 10.2 Å². The number of hydrogen-bond donors (Lipinski definition) is 2. The van der Waals surface area contributed by atoms with Gasteiger partial charge in [-0.3, -0.25) is 0 Å². The summed E-state index contributed by atoms with van der Waals surface area (Å²) in [5, 5.41) is 3.49. The van der Waals surface area contributed by atoms with Crippen molar-refractivity contribution >= 4 is 10.0 Å². The molecular formula is C11H25N3O2S. The number of nitrogens with zero attached hydrogens (tertiary/aromatic N) is 1. The van der Waals surface area contributed by atoms with E-state index in [2.05, 4.69) is 21.9 Å². The summed E-state index contributed by atoms with van der Waals surface area (Å²) < 4.78 is 24.2. The van der Waals surface area contributed by atoms with Gasteiger partial charge in [0.25, 0.3) is 0 Å². The van der Waals surface area contributed by atoms with Crippen molar-refractivity contribution in [2.45, 2.75) is 32.2 Å². The lowest BCUT2D eigenvalue weighted by molar-refractivity contribution is 0.206. The molecule has 0 atom stereocenters. The van der Waals surface area contributed by atoms with Crippen LogP contribution in [-0.4, -0.2) is 58.3 Å². The molecular weight excluding hydrogens is 238 g/mol. The number of nitrogens with one attached hydrogen (secondary N) is 2. The van der Waals surface area contributed by atoms with Crippen LogP contribution in [0.5, 0.6) is 0 Å². The van der Waals surface area contributed by atoms with Crippen molar-refractivity contribution in [1.82, 2.24) is 14.9 Å². The minimum absolute atomic E-state index is 0.527. The molecule has 0 aliphatic carbocycles. The Kier molecular flexibility index (Phi) is 6.40. The van der Waals surface area contributed by atoms with Gasteiger partial charge in [0.2, 0.25) is 10.0 Å². The molecule has 0 radical (unpaired) electrons. The Bertz CT molecular complexity index is 298. The lowest BCUT2D eigenvalue weighted by atomic mass is 10.1. The van der Waals surface area contributed by atoms with Gasteiger partial charge in [-0.15, -0.1) is 0 Å². The standard InChI is InChI=1S/C11H25N3O2S/c1-3-14-9-5-11(6-10-14)12-7-4-8-13-17(2,15)16/h11-13H,3-10H2,1-2H3. The molecule has 1 saturated heterocycles. The number of sulfonamides is 1. The van der Waals surface area contributed by atoms with E-state index in [-0.39, 0.29) is 0 Å². The maximum Gasteiger partial charge on any atom is 0.208 e. The average molecular weight is 263 g/mol. The second kappa shape index (κ2) is 7.31. The van der Waals surface area contributed by atoms with Crippen molar-refractivity contribution in [3.63, 3.8) is 0 Å². The Labute approximate surface area is 105 Å². The highest BCUT2D eigenvalue weighted by atomic mass is 32.2. The van der Waals surface area contributed by atoms with Gasteiger partial charge in [-0.2, -0.15) is 0 Å². The molecule has 0 amide bonds. The molecule has 1 aliphatic rings. The van der Waals surface area contributed by atoms with E-state index < -0.39 is 10.0 Å². The highest BCUT2D eigenvalue weighted by molar-refractivity contribution is 7.88. The van der Waals surface area contributed by atoms with Gasteiger partial charge in [0.05, 0.1) is 6.26 Å². The van der Waals surface area contributed by atoms with Crippen LogP contribution < -0.4 is 10.0 Å². The second-order valence-electron chi connectivity index (χ2n) is 4.68. The van der Waals surface area contributed by atoms with Crippen LogP contribution in [0, 0.1) is 0 Å². The average Bonchev–Trinajstić information content (AvgIpc) is 2.28. The molecule has 0 aromatic heterocycles. The van der Waals surface area contributed by atoms with E-state index >= 15 is 0 Å². The minimum atomic E-state index is -3.02. The maximum atomic E-state index is 10.8. The van der Waals surface area contributed by atoms with Gasteiger partial charge in [-0.1, -0.05) is 6.92 Å². The van der Waals surface area contributed by atoms with Gasteiger partial charge in [0.15, 0.2) is 0 Å². The fourth-order valence-corrected chi connectivity index (χ4v) is 2.62. The van der Waals surface area contributed by atoms with E-state index in [1.807, 2.05) is 0 Å². The fraction of sp³-hybridized carbons (Fsp3) is 1.00. The molecule has 0 aromatic rings. The SMILES string of the molecule is CCN1CCC(NCCCNS(C)(=O)=O)CC1. The molecule has 1 rings (SSSR count). The Hall–Kier alpha value is -0.170. The summed E-state index contributed by atoms with van der Waals surface area (Å²) in [7, 11) is -3.02. The lowest BCUT2D eigenvalue weighted by Crippen LogP contribution is -2.43. The molecule has 0 saturated carbocycles. The summed E-state index contributed by atoms with van der Waals surface area (Å²) in [5.74, 6) is 0. The van der Waals surface area contributed by atoms with Crippen molar-refractivity contribution in [3.05, 3.63) is 0 Å². The second-order valence-corrected chi connectivity index (χ2v) is 6.52. The first-order valence-electron chi connectivity index (χ1n) is 6.41. The van der Waals surface area contributed by atoms with Gasteiger partial charge in [-0.25, -0.2) is 13.1 Å². The maximum absolute atomic E-state index is 10.8. The molecule has 1 fully saturated rings.